The van der Waals surface area contributed by atoms with Crippen molar-refractivity contribution in [2.24, 2.45) is 0 Å². The number of nitrogens with one attached hydrogen (secondary N) is 1. The molecule has 0 heterocycles. The first-order chi connectivity index (χ1) is 9.66. The minimum atomic E-state index is -0.414. The molecule has 2 N–H and O–H groups in total. The Morgan fingerprint density at radius 3 is 2.60 bits per heavy atom. The Morgan fingerprint density at radius 2 is 1.90 bits per heavy atom. The van der Waals surface area contributed by atoms with Gasteiger partial charge < -0.3 is 10.4 Å². The second kappa shape index (κ2) is 7.06. The monoisotopic (exact) mass is 273 g/mol. The van der Waals surface area contributed by atoms with Gasteiger partial charge in [0.2, 0.25) is 0 Å². The SMILES string of the molecule is CC(NCCCc1ccccc1)c1ccc(F)cc1O. The Morgan fingerprint density at radius 1 is 1.15 bits per heavy atom. The number of phenolic OH excluding ortho intramolecular Hbond substituents is 1. The molecule has 2 aromatic carbocycles. The van der Waals surface area contributed by atoms with Crippen LogP contribution in [0.2, 0.25) is 0 Å². The maximum absolute atomic E-state index is 12.9. The zero-order valence-electron chi connectivity index (χ0n) is 11.6. The van der Waals surface area contributed by atoms with E-state index in [0.29, 0.717) is 0 Å². The van der Waals surface area contributed by atoms with E-state index in [2.05, 4.69) is 17.4 Å². The summed E-state index contributed by atoms with van der Waals surface area (Å²) < 4.78 is 12.9. The van der Waals surface area contributed by atoms with Crippen LogP contribution in [0.3, 0.4) is 0 Å². The number of phenols is 1. The van der Waals surface area contributed by atoms with Gasteiger partial charge in [0.05, 0.1) is 0 Å². The molecule has 106 valence electrons. The molecule has 0 amide bonds. The number of aromatic hydroxyl groups is 1. The first-order valence-corrected chi connectivity index (χ1v) is 6.92. The molecule has 0 aliphatic heterocycles. The van der Waals surface area contributed by atoms with Crippen molar-refractivity contribution in [3.05, 3.63) is 65.5 Å². The van der Waals surface area contributed by atoms with Gasteiger partial charge in [-0.1, -0.05) is 36.4 Å². The summed E-state index contributed by atoms with van der Waals surface area (Å²) in [5.41, 5.74) is 2.05. The van der Waals surface area contributed by atoms with Gasteiger partial charge in [0, 0.05) is 17.7 Å². The van der Waals surface area contributed by atoms with E-state index in [1.54, 1.807) is 6.07 Å². The van der Waals surface area contributed by atoms with E-state index in [9.17, 15) is 9.50 Å². The fourth-order valence-electron chi connectivity index (χ4n) is 2.25. The van der Waals surface area contributed by atoms with E-state index < -0.39 is 5.82 Å². The van der Waals surface area contributed by atoms with Gasteiger partial charge in [-0.2, -0.15) is 0 Å². The summed E-state index contributed by atoms with van der Waals surface area (Å²) in [4.78, 5) is 0. The summed E-state index contributed by atoms with van der Waals surface area (Å²) in [5.74, 6) is -0.407. The maximum Gasteiger partial charge on any atom is 0.126 e. The molecule has 0 saturated carbocycles. The number of hydrogen-bond acceptors (Lipinski definition) is 2. The van der Waals surface area contributed by atoms with E-state index in [1.807, 2.05) is 25.1 Å². The third-order valence-corrected chi connectivity index (χ3v) is 3.39. The summed E-state index contributed by atoms with van der Waals surface area (Å²) in [5, 5.41) is 13.1. The zero-order valence-corrected chi connectivity index (χ0v) is 11.6. The molecule has 0 fully saturated rings. The van der Waals surface area contributed by atoms with Gasteiger partial charge in [0.25, 0.3) is 0 Å². The average molecular weight is 273 g/mol. The van der Waals surface area contributed by atoms with Crippen LogP contribution in [0.4, 0.5) is 4.39 Å². The summed E-state index contributed by atoms with van der Waals surface area (Å²) in [6, 6.07) is 14.5. The molecule has 0 saturated heterocycles. The highest BCUT2D eigenvalue weighted by molar-refractivity contribution is 5.34. The molecule has 2 aromatic rings. The van der Waals surface area contributed by atoms with Crippen molar-refractivity contribution in [2.45, 2.75) is 25.8 Å². The van der Waals surface area contributed by atoms with E-state index in [4.69, 9.17) is 0 Å². The smallest absolute Gasteiger partial charge is 0.126 e. The van der Waals surface area contributed by atoms with Crippen LogP contribution >= 0.6 is 0 Å². The number of benzene rings is 2. The highest BCUT2D eigenvalue weighted by Crippen LogP contribution is 2.24. The van der Waals surface area contributed by atoms with E-state index in [0.717, 1.165) is 31.0 Å². The molecule has 3 heteroatoms. The van der Waals surface area contributed by atoms with Crippen molar-refractivity contribution in [1.29, 1.82) is 0 Å². The predicted molar refractivity (Wildman–Crippen MR) is 79.2 cm³/mol. The first kappa shape index (κ1) is 14.5. The highest BCUT2D eigenvalue weighted by Gasteiger charge is 2.10. The molecule has 0 bridgehead atoms. The minimum Gasteiger partial charge on any atom is -0.508 e. The summed E-state index contributed by atoms with van der Waals surface area (Å²) in [6.45, 7) is 2.82. The van der Waals surface area contributed by atoms with Gasteiger partial charge in [-0.05, 0) is 37.9 Å². The van der Waals surface area contributed by atoms with Crippen LogP contribution in [-0.2, 0) is 6.42 Å². The Hall–Kier alpha value is -1.87. The van der Waals surface area contributed by atoms with Gasteiger partial charge in [-0.3, -0.25) is 0 Å². The lowest BCUT2D eigenvalue weighted by molar-refractivity contribution is 0.446. The molecule has 1 atom stereocenters. The largest absolute Gasteiger partial charge is 0.508 e. The van der Waals surface area contributed by atoms with Crippen molar-refractivity contribution in [2.75, 3.05) is 6.54 Å². The molecule has 0 aliphatic rings. The van der Waals surface area contributed by atoms with Gasteiger partial charge in [0.15, 0.2) is 0 Å². The van der Waals surface area contributed by atoms with Crippen molar-refractivity contribution in [3.63, 3.8) is 0 Å². The molecule has 2 nitrogen and oxygen atoms in total. The molecular weight excluding hydrogens is 253 g/mol. The van der Waals surface area contributed by atoms with Crippen LogP contribution < -0.4 is 5.32 Å². The van der Waals surface area contributed by atoms with Crippen molar-refractivity contribution in [1.82, 2.24) is 5.32 Å². The summed E-state index contributed by atoms with van der Waals surface area (Å²) in [6.07, 6.45) is 2.05. The van der Waals surface area contributed by atoms with Gasteiger partial charge in [-0.25, -0.2) is 4.39 Å². The Balaban J connectivity index is 1.79. The van der Waals surface area contributed by atoms with Gasteiger partial charge in [0.1, 0.15) is 11.6 Å². The molecule has 0 aromatic heterocycles. The average Bonchev–Trinajstić information content (AvgIpc) is 2.44. The Labute approximate surface area is 119 Å². The maximum atomic E-state index is 12.9. The Kier molecular flexibility index (Phi) is 5.13. The Bertz CT molecular complexity index is 542. The highest BCUT2D eigenvalue weighted by atomic mass is 19.1. The van der Waals surface area contributed by atoms with E-state index in [-0.39, 0.29) is 11.8 Å². The van der Waals surface area contributed by atoms with E-state index >= 15 is 0 Å². The lowest BCUT2D eigenvalue weighted by Gasteiger charge is -2.15. The molecule has 2 rings (SSSR count). The van der Waals surface area contributed by atoms with Crippen LogP contribution in [0.15, 0.2) is 48.5 Å². The lowest BCUT2D eigenvalue weighted by Crippen LogP contribution is -2.20. The number of halogens is 1. The van der Waals surface area contributed by atoms with Crippen molar-refractivity contribution in [3.8, 4) is 5.75 Å². The molecular formula is C17H20FNO. The molecule has 0 aliphatic carbocycles. The van der Waals surface area contributed by atoms with Gasteiger partial charge >= 0.3 is 0 Å². The molecule has 20 heavy (non-hydrogen) atoms. The van der Waals surface area contributed by atoms with Crippen LogP contribution in [0.25, 0.3) is 0 Å². The molecule has 0 spiro atoms. The predicted octanol–water partition coefficient (Wildman–Crippen LogP) is 3.81. The number of hydrogen-bond donors (Lipinski definition) is 2. The van der Waals surface area contributed by atoms with Gasteiger partial charge in [-0.15, -0.1) is 0 Å². The van der Waals surface area contributed by atoms with Crippen LogP contribution in [0, 0.1) is 5.82 Å². The first-order valence-electron chi connectivity index (χ1n) is 6.92. The standard InChI is InChI=1S/C17H20FNO/c1-13(16-10-9-15(18)12-17(16)20)19-11-5-8-14-6-3-2-4-7-14/h2-4,6-7,9-10,12-13,19-20H,5,8,11H2,1H3. The topological polar surface area (TPSA) is 32.3 Å². The number of aryl methyl sites for hydroxylation is 1. The fraction of sp³-hybridized carbons (Fsp3) is 0.294. The van der Waals surface area contributed by atoms with E-state index in [1.165, 1.54) is 11.6 Å². The minimum absolute atomic E-state index is 0.00590. The van der Waals surface area contributed by atoms with Crippen molar-refractivity contribution >= 4 is 0 Å². The van der Waals surface area contributed by atoms with Crippen LogP contribution in [0.1, 0.15) is 30.5 Å². The van der Waals surface area contributed by atoms with Crippen molar-refractivity contribution < 1.29 is 9.50 Å². The lowest BCUT2D eigenvalue weighted by atomic mass is 10.1. The number of rotatable bonds is 6. The van der Waals surface area contributed by atoms with Crippen LogP contribution in [-0.4, -0.2) is 11.7 Å². The van der Waals surface area contributed by atoms with Crippen LogP contribution in [0.5, 0.6) is 5.75 Å². The summed E-state index contributed by atoms with van der Waals surface area (Å²) >= 11 is 0. The quantitative estimate of drug-likeness (QED) is 0.784. The second-order valence-corrected chi connectivity index (χ2v) is 4.97. The summed E-state index contributed by atoms with van der Waals surface area (Å²) in [7, 11) is 0. The molecule has 0 radical (unpaired) electrons. The third-order valence-electron chi connectivity index (χ3n) is 3.39. The third kappa shape index (κ3) is 4.07. The zero-order chi connectivity index (χ0) is 14.4. The molecule has 1 unspecified atom stereocenters. The normalized spacial score (nSPS) is 12.3. The second-order valence-electron chi connectivity index (χ2n) is 4.97. The fourth-order valence-corrected chi connectivity index (χ4v) is 2.25.